The molecule has 1 fully saturated rings. The predicted molar refractivity (Wildman–Crippen MR) is 138 cm³/mol. The Balaban J connectivity index is 1.35. The molecular formula is C27H34N4O3S. The molecule has 1 aliphatic heterocycles. The molecule has 0 spiro atoms. The quantitative estimate of drug-likeness (QED) is 0.544. The van der Waals surface area contributed by atoms with Crippen LogP contribution in [-0.2, 0) is 26.8 Å². The number of hydrogen-bond donors (Lipinski definition) is 1. The Morgan fingerprint density at radius 2 is 1.63 bits per heavy atom. The number of piperidine rings is 1. The molecule has 186 valence electrons. The summed E-state index contributed by atoms with van der Waals surface area (Å²) in [6, 6.07) is 17.1. The average molecular weight is 495 g/mol. The zero-order chi connectivity index (χ0) is 25.2. The minimum atomic E-state index is -3.54. The van der Waals surface area contributed by atoms with E-state index >= 15 is 0 Å². The van der Waals surface area contributed by atoms with Crippen molar-refractivity contribution >= 4 is 21.7 Å². The van der Waals surface area contributed by atoms with Crippen molar-refractivity contribution in [2.24, 2.45) is 5.92 Å². The van der Waals surface area contributed by atoms with E-state index in [0.717, 1.165) is 11.1 Å². The number of hydrogen-bond acceptors (Lipinski definition) is 4. The topological polar surface area (TPSA) is 84.3 Å². The molecule has 7 nitrogen and oxygen atoms in total. The number of rotatable bonds is 6. The molecule has 2 heterocycles. The second-order valence-corrected chi connectivity index (χ2v) is 12.2. The van der Waals surface area contributed by atoms with Crippen molar-refractivity contribution in [1.29, 1.82) is 0 Å². The van der Waals surface area contributed by atoms with Crippen molar-refractivity contribution in [3.05, 3.63) is 77.5 Å². The van der Waals surface area contributed by atoms with Gasteiger partial charge in [0.15, 0.2) is 0 Å². The van der Waals surface area contributed by atoms with Crippen molar-refractivity contribution in [3.8, 4) is 0 Å². The highest BCUT2D eigenvalue weighted by Gasteiger charge is 2.32. The second-order valence-electron chi connectivity index (χ2n) is 10.3. The highest BCUT2D eigenvalue weighted by molar-refractivity contribution is 7.89. The van der Waals surface area contributed by atoms with E-state index in [-0.39, 0.29) is 17.2 Å². The zero-order valence-corrected chi connectivity index (χ0v) is 21.7. The molecule has 1 aliphatic rings. The van der Waals surface area contributed by atoms with Crippen molar-refractivity contribution < 1.29 is 13.2 Å². The van der Waals surface area contributed by atoms with Gasteiger partial charge in [-0.15, -0.1) is 0 Å². The first-order valence-electron chi connectivity index (χ1n) is 12.0. The Hall–Kier alpha value is -2.97. The van der Waals surface area contributed by atoms with Crippen molar-refractivity contribution in [2.45, 2.75) is 57.4 Å². The number of anilines is 1. The molecule has 8 heteroatoms. The van der Waals surface area contributed by atoms with E-state index < -0.39 is 10.0 Å². The van der Waals surface area contributed by atoms with Gasteiger partial charge in [0, 0.05) is 25.1 Å². The van der Waals surface area contributed by atoms with Gasteiger partial charge in [0.2, 0.25) is 15.9 Å². The van der Waals surface area contributed by atoms with E-state index in [1.807, 2.05) is 6.92 Å². The molecule has 0 unspecified atom stereocenters. The van der Waals surface area contributed by atoms with Crippen LogP contribution in [0.2, 0.25) is 0 Å². The lowest BCUT2D eigenvalue weighted by Crippen LogP contribution is -2.41. The summed E-state index contributed by atoms with van der Waals surface area (Å²) >= 11 is 0. The number of amides is 1. The minimum Gasteiger partial charge on any atom is -0.311 e. The van der Waals surface area contributed by atoms with Crippen molar-refractivity contribution in [3.63, 3.8) is 0 Å². The van der Waals surface area contributed by atoms with Gasteiger partial charge >= 0.3 is 0 Å². The van der Waals surface area contributed by atoms with Crippen LogP contribution in [0.4, 0.5) is 5.82 Å². The number of carbonyl (C=O) groups excluding carboxylic acids is 1. The Morgan fingerprint density at radius 1 is 1.00 bits per heavy atom. The molecule has 3 aromatic rings. The fourth-order valence-corrected chi connectivity index (χ4v) is 5.76. The van der Waals surface area contributed by atoms with E-state index in [1.54, 1.807) is 41.2 Å². The van der Waals surface area contributed by atoms with Gasteiger partial charge in [-0.25, -0.2) is 13.1 Å². The summed E-state index contributed by atoms with van der Waals surface area (Å²) in [6.07, 6.45) is 2.65. The standard InChI is InChI=1S/C27H34N4O3S/c1-20-5-11-24(12-6-20)35(33,34)30-17-14-22(15-18-30)26(32)29-25-13-16-28-31(25)19-21-7-9-23(10-8-21)27(2,3)4/h5-13,16,22H,14-15,17-19H2,1-4H3,(H,29,32). The molecule has 0 aliphatic carbocycles. The first-order valence-corrected chi connectivity index (χ1v) is 13.5. The van der Waals surface area contributed by atoms with Crippen molar-refractivity contribution in [2.75, 3.05) is 18.4 Å². The first-order chi connectivity index (χ1) is 16.5. The molecule has 4 rings (SSSR count). The lowest BCUT2D eigenvalue weighted by Gasteiger charge is -2.30. The van der Waals surface area contributed by atoms with E-state index in [4.69, 9.17) is 0 Å². The van der Waals surface area contributed by atoms with Crippen LogP contribution < -0.4 is 5.32 Å². The van der Waals surface area contributed by atoms with Crippen LogP contribution in [0, 0.1) is 12.8 Å². The SMILES string of the molecule is Cc1ccc(S(=O)(=O)N2CCC(C(=O)Nc3ccnn3Cc3ccc(C(C)(C)C)cc3)CC2)cc1. The Morgan fingerprint density at radius 3 is 2.23 bits per heavy atom. The van der Waals surface area contributed by atoms with E-state index in [0.29, 0.717) is 43.2 Å². The summed E-state index contributed by atoms with van der Waals surface area (Å²) < 4.78 is 29.1. The van der Waals surface area contributed by atoms with Gasteiger partial charge in [-0.2, -0.15) is 9.40 Å². The molecule has 1 saturated heterocycles. The van der Waals surface area contributed by atoms with Gasteiger partial charge in [0.05, 0.1) is 17.6 Å². The van der Waals surface area contributed by atoms with Gasteiger partial charge in [-0.1, -0.05) is 62.7 Å². The molecule has 2 aromatic carbocycles. The van der Waals surface area contributed by atoms with Gasteiger partial charge in [0.1, 0.15) is 5.82 Å². The van der Waals surface area contributed by atoms with Crippen LogP contribution in [0.15, 0.2) is 65.7 Å². The second kappa shape index (κ2) is 9.95. The van der Waals surface area contributed by atoms with Crippen LogP contribution >= 0.6 is 0 Å². The molecule has 1 amide bonds. The highest BCUT2D eigenvalue weighted by Crippen LogP contribution is 2.26. The molecule has 35 heavy (non-hydrogen) atoms. The molecule has 0 bridgehead atoms. The highest BCUT2D eigenvalue weighted by atomic mass is 32.2. The molecule has 1 N–H and O–H groups in total. The molecule has 0 saturated carbocycles. The third kappa shape index (κ3) is 5.82. The lowest BCUT2D eigenvalue weighted by molar-refractivity contribution is -0.121. The number of nitrogens with one attached hydrogen (secondary N) is 1. The fraction of sp³-hybridized carbons (Fsp3) is 0.407. The fourth-order valence-electron chi connectivity index (χ4n) is 4.29. The van der Waals surface area contributed by atoms with Crippen LogP contribution in [0.1, 0.15) is 50.3 Å². The molecular weight excluding hydrogens is 460 g/mol. The maximum atomic E-state index is 13.0. The summed E-state index contributed by atoms with van der Waals surface area (Å²) in [5.74, 6) is 0.306. The maximum absolute atomic E-state index is 13.0. The lowest BCUT2D eigenvalue weighted by atomic mass is 9.87. The third-order valence-electron chi connectivity index (χ3n) is 6.60. The summed E-state index contributed by atoms with van der Waals surface area (Å²) in [7, 11) is -3.54. The number of sulfonamides is 1. The molecule has 1 aromatic heterocycles. The van der Waals surface area contributed by atoms with Crippen LogP contribution in [0.5, 0.6) is 0 Å². The summed E-state index contributed by atoms with van der Waals surface area (Å²) in [5, 5.41) is 7.38. The van der Waals surface area contributed by atoms with Gasteiger partial charge in [-0.05, 0) is 48.4 Å². The van der Waals surface area contributed by atoms with Crippen molar-refractivity contribution in [1.82, 2.24) is 14.1 Å². The Labute approximate surface area is 208 Å². The molecule has 0 atom stereocenters. The first kappa shape index (κ1) is 25.1. The minimum absolute atomic E-state index is 0.0952. The predicted octanol–water partition coefficient (Wildman–Crippen LogP) is 4.58. The maximum Gasteiger partial charge on any atom is 0.243 e. The normalized spacial score (nSPS) is 15.8. The van der Waals surface area contributed by atoms with E-state index in [1.165, 1.54) is 9.87 Å². The summed E-state index contributed by atoms with van der Waals surface area (Å²) in [5.41, 5.74) is 3.48. The number of benzene rings is 2. The van der Waals surface area contributed by atoms with Gasteiger partial charge < -0.3 is 5.32 Å². The Kier molecular flexibility index (Phi) is 7.15. The van der Waals surface area contributed by atoms with Crippen LogP contribution in [-0.4, -0.2) is 41.5 Å². The van der Waals surface area contributed by atoms with E-state index in [9.17, 15) is 13.2 Å². The monoisotopic (exact) mass is 494 g/mol. The zero-order valence-electron chi connectivity index (χ0n) is 20.9. The average Bonchev–Trinajstić information content (AvgIpc) is 3.25. The number of aromatic nitrogens is 2. The largest absolute Gasteiger partial charge is 0.311 e. The molecule has 0 radical (unpaired) electrons. The van der Waals surface area contributed by atoms with Gasteiger partial charge in [0.25, 0.3) is 0 Å². The van der Waals surface area contributed by atoms with Crippen LogP contribution in [0.25, 0.3) is 0 Å². The van der Waals surface area contributed by atoms with Crippen LogP contribution in [0.3, 0.4) is 0 Å². The summed E-state index contributed by atoms with van der Waals surface area (Å²) in [6.45, 7) is 9.69. The third-order valence-corrected chi connectivity index (χ3v) is 8.52. The van der Waals surface area contributed by atoms with Gasteiger partial charge in [-0.3, -0.25) is 4.79 Å². The number of aryl methyl sites for hydroxylation is 1. The number of carbonyl (C=O) groups is 1. The Bertz CT molecular complexity index is 1270. The summed E-state index contributed by atoms with van der Waals surface area (Å²) in [4.78, 5) is 13.3. The number of nitrogens with zero attached hydrogens (tertiary/aromatic N) is 3. The van der Waals surface area contributed by atoms with E-state index in [2.05, 4.69) is 55.5 Å². The smallest absolute Gasteiger partial charge is 0.243 e.